The number of nitrogens with two attached hydrogens (primary N) is 1. The molecule has 0 saturated carbocycles. The molecule has 0 aromatic carbocycles. The quantitative estimate of drug-likeness (QED) is 0.463. The fraction of sp³-hybridized carbons (Fsp3) is 0.500. The van der Waals surface area contributed by atoms with E-state index in [0.717, 1.165) is 10.9 Å². The number of carbonyl (C=O) groups is 1. The van der Waals surface area contributed by atoms with Crippen LogP contribution in [-0.4, -0.2) is 40.0 Å². The van der Waals surface area contributed by atoms with Gasteiger partial charge < -0.3 is 10.5 Å². The van der Waals surface area contributed by atoms with Gasteiger partial charge in [-0.05, 0) is 0 Å². The second-order valence-corrected chi connectivity index (χ2v) is 3.39. The van der Waals surface area contributed by atoms with Gasteiger partial charge in [-0.3, -0.25) is 19.6 Å². The van der Waals surface area contributed by atoms with E-state index in [1.165, 1.54) is 0 Å². The number of halogens is 3. The van der Waals surface area contributed by atoms with Crippen molar-refractivity contribution >= 4 is 11.6 Å². The number of ether oxygens (including phenoxy) is 1. The van der Waals surface area contributed by atoms with Crippen molar-refractivity contribution in [1.29, 1.82) is 0 Å². The van der Waals surface area contributed by atoms with Crippen LogP contribution in [0.25, 0.3) is 0 Å². The molecule has 11 heteroatoms. The average molecular weight is 282 g/mol. The minimum absolute atomic E-state index is 0.262. The molecule has 1 heterocycles. The Balaban J connectivity index is 2.69. The van der Waals surface area contributed by atoms with Gasteiger partial charge in [-0.2, -0.15) is 18.3 Å². The summed E-state index contributed by atoms with van der Waals surface area (Å²) < 4.78 is 40.5. The van der Waals surface area contributed by atoms with Crippen molar-refractivity contribution in [2.24, 2.45) is 5.73 Å². The summed E-state index contributed by atoms with van der Waals surface area (Å²) in [5.41, 5.74) is 3.85. The van der Waals surface area contributed by atoms with Gasteiger partial charge in [-0.1, -0.05) is 0 Å². The Hall–Kier alpha value is -2.17. The highest BCUT2D eigenvalue weighted by molar-refractivity contribution is 5.95. The van der Waals surface area contributed by atoms with Crippen LogP contribution in [0.5, 0.6) is 0 Å². The number of nitrogens with zero attached hydrogens (tertiary/aromatic N) is 3. The molecule has 1 amide bonds. The van der Waals surface area contributed by atoms with E-state index in [2.05, 4.69) is 9.84 Å². The summed E-state index contributed by atoms with van der Waals surface area (Å²) in [6.45, 7) is -2.14. The lowest BCUT2D eigenvalue weighted by Gasteiger charge is -2.08. The molecule has 1 aromatic heterocycles. The van der Waals surface area contributed by atoms with Crippen LogP contribution < -0.4 is 5.73 Å². The van der Waals surface area contributed by atoms with Crippen molar-refractivity contribution in [3.8, 4) is 0 Å². The predicted molar refractivity (Wildman–Crippen MR) is 54.3 cm³/mol. The van der Waals surface area contributed by atoms with E-state index in [9.17, 15) is 28.1 Å². The Morgan fingerprint density at radius 3 is 2.68 bits per heavy atom. The molecule has 8 nitrogen and oxygen atoms in total. The normalized spacial score (nSPS) is 11.5. The Labute approximate surface area is 104 Å². The molecule has 0 spiro atoms. The van der Waals surface area contributed by atoms with Gasteiger partial charge >= 0.3 is 11.9 Å². The van der Waals surface area contributed by atoms with Crippen molar-refractivity contribution < 1.29 is 27.6 Å². The summed E-state index contributed by atoms with van der Waals surface area (Å²) in [4.78, 5) is 20.7. The molecule has 0 aliphatic rings. The lowest BCUT2D eigenvalue weighted by molar-refractivity contribution is -0.385. The number of hydrogen-bond acceptors (Lipinski definition) is 5. The fourth-order valence-corrected chi connectivity index (χ4v) is 1.27. The molecule has 0 aliphatic heterocycles. The van der Waals surface area contributed by atoms with Crippen LogP contribution in [0.4, 0.5) is 18.9 Å². The van der Waals surface area contributed by atoms with E-state index in [1.54, 1.807) is 0 Å². The number of rotatable bonds is 6. The van der Waals surface area contributed by atoms with Gasteiger partial charge in [0.1, 0.15) is 12.8 Å². The van der Waals surface area contributed by atoms with Crippen LogP contribution in [0.3, 0.4) is 0 Å². The zero-order valence-corrected chi connectivity index (χ0v) is 9.38. The first-order chi connectivity index (χ1) is 8.72. The maximum Gasteiger partial charge on any atom is 0.411 e. The maximum atomic E-state index is 11.8. The SMILES string of the molecule is NC(=O)c1c([N+](=O)[O-])cnn1CCOCC(F)(F)F. The van der Waals surface area contributed by atoms with Crippen molar-refractivity contribution in [3.63, 3.8) is 0 Å². The summed E-state index contributed by atoms with van der Waals surface area (Å²) in [5.74, 6) is -1.10. The van der Waals surface area contributed by atoms with Crippen LogP contribution >= 0.6 is 0 Å². The monoisotopic (exact) mass is 282 g/mol. The van der Waals surface area contributed by atoms with E-state index in [0.29, 0.717) is 0 Å². The van der Waals surface area contributed by atoms with Crippen LogP contribution in [0.1, 0.15) is 10.5 Å². The standard InChI is InChI=1S/C8H9F3N4O4/c9-8(10,11)4-19-2-1-14-6(7(12)16)5(3-13-14)15(17)18/h3H,1-2,4H2,(H2,12,16). The summed E-state index contributed by atoms with van der Waals surface area (Å²) in [6.07, 6.45) is -3.67. The van der Waals surface area contributed by atoms with Crippen molar-refractivity contribution in [1.82, 2.24) is 9.78 Å². The number of alkyl halides is 3. The van der Waals surface area contributed by atoms with E-state index in [1.807, 2.05) is 0 Å². The Kier molecular flexibility index (Phi) is 4.43. The zero-order chi connectivity index (χ0) is 14.6. The topological polar surface area (TPSA) is 113 Å². The van der Waals surface area contributed by atoms with E-state index >= 15 is 0 Å². The molecule has 19 heavy (non-hydrogen) atoms. The summed E-state index contributed by atoms with van der Waals surface area (Å²) in [6, 6.07) is 0. The highest BCUT2D eigenvalue weighted by Gasteiger charge is 2.28. The smallest absolute Gasteiger partial charge is 0.370 e. The molecule has 106 valence electrons. The lowest BCUT2D eigenvalue weighted by Crippen LogP contribution is -2.22. The fourth-order valence-electron chi connectivity index (χ4n) is 1.27. The van der Waals surface area contributed by atoms with Crippen LogP contribution in [-0.2, 0) is 11.3 Å². The van der Waals surface area contributed by atoms with Gasteiger partial charge in [0.05, 0.1) is 18.1 Å². The molecule has 0 bridgehead atoms. The van der Waals surface area contributed by atoms with Gasteiger partial charge in [-0.15, -0.1) is 0 Å². The maximum absolute atomic E-state index is 11.8. The van der Waals surface area contributed by atoms with Crippen molar-refractivity contribution in [2.75, 3.05) is 13.2 Å². The highest BCUT2D eigenvalue weighted by Crippen LogP contribution is 2.17. The first kappa shape index (κ1) is 14.9. The molecular formula is C8H9F3N4O4. The Bertz CT molecular complexity index is 485. The molecular weight excluding hydrogens is 273 g/mol. The molecule has 0 fully saturated rings. The van der Waals surface area contributed by atoms with Gasteiger partial charge in [-0.25, -0.2) is 0 Å². The van der Waals surface area contributed by atoms with Crippen molar-refractivity contribution in [2.45, 2.75) is 12.7 Å². The van der Waals surface area contributed by atoms with Crippen molar-refractivity contribution in [3.05, 3.63) is 22.0 Å². The van der Waals surface area contributed by atoms with E-state index in [-0.39, 0.29) is 6.54 Å². The summed E-state index contributed by atoms with van der Waals surface area (Å²) in [7, 11) is 0. The molecule has 1 aromatic rings. The minimum Gasteiger partial charge on any atom is -0.370 e. The third-order valence-electron chi connectivity index (χ3n) is 1.96. The molecule has 2 N–H and O–H groups in total. The number of nitro groups is 1. The third kappa shape index (κ3) is 4.21. The minimum atomic E-state index is -4.47. The van der Waals surface area contributed by atoms with Gasteiger partial charge in [0, 0.05) is 0 Å². The summed E-state index contributed by atoms with van der Waals surface area (Å²) >= 11 is 0. The molecule has 0 radical (unpaired) electrons. The predicted octanol–water partition coefficient (Wildman–Crippen LogP) is 0.469. The lowest BCUT2D eigenvalue weighted by atomic mass is 10.3. The van der Waals surface area contributed by atoms with Gasteiger partial charge in [0.2, 0.25) is 5.69 Å². The van der Waals surface area contributed by atoms with Crippen LogP contribution in [0.15, 0.2) is 6.20 Å². The Morgan fingerprint density at radius 2 is 2.21 bits per heavy atom. The number of primary amides is 1. The van der Waals surface area contributed by atoms with Gasteiger partial charge in [0.15, 0.2) is 0 Å². The molecule has 0 saturated heterocycles. The van der Waals surface area contributed by atoms with Crippen LogP contribution in [0.2, 0.25) is 0 Å². The molecule has 0 aliphatic carbocycles. The van der Waals surface area contributed by atoms with Gasteiger partial charge in [0.25, 0.3) is 5.91 Å². The number of aromatic nitrogens is 2. The molecule has 0 unspecified atom stereocenters. The number of carbonyl (C=O) groups excluding carboxylic acids is 1. The highest BCUT2D eigenvalue weighted by atomic mass is 19.4. The third-order valence-corrected chi connectivity index (χ3v) is 1.96. The average Bonchev–Trinajstić information content (AvgIpc) is 2.66. The Morgan fingerprint density at radius 1 is 1.58 bits per heavy atom. The first-order valence-electron chi connectivity index (χ1n) is 4.87. The summed E-state index contributed by atoms with van der Waals surface area (Å²) in [5, 5.41) is 14.1. The second-order valence-electron chi connectivity index (χ2n) is 3.39. The largest absolute Gasteiger partial charge is 0.411 e. The molecule has 0 atom stereocenters. The first-order valence-corrected chi connectivity index (χ1v) is 4.87. The zero-order valence-electron chi connectivity index (χ0n) is 9.38. The number of amides is 1. The number of hydrogen-bond donors (Lipinski definition) is 1. The van der Waals surface area contributed by atoms with Crippen LogP contribution in [0, 0.1) is 10.1 Å². The molecule has 1 rings (SSSR count). The van der Waals surface area contributed by atoms with E-state index in [4.69, 9.17) is 5.73 Å². The second kappa shape index (κ2) is 5.65. The van der Waals surface area contributed by atoms with E-state index < -0.39 is 41.6 Å².